The second-order valence-electron chi connectivity index (χ2n) is 3.43. The maximum absolute atomic E-state index is 11.8. The second kappa shape index (κ2) is 4.00. The van der Waals surface area contributed by atoms with E-state index in [1.165, 1.54) is 26.2 Å². The molecule has 0 heterocycles. The maximum Gasteiger partial charge on any atom is 0.244 e. The number of hydrogen-bond donors (Lipinski definition) is 1. The molecule has 2 N–H and O–H groups in total. The van der Waals surface area contributed by atoms with Crippen LogP contribution in [0.5, 0.6) is 0 Å². The van der Waals surface area contributed by atoms with E-state index in [1.54, 1.807) is 6.92 Å². The van der Waals surface area contributed by atoms with Gasteiger partial charge in [-0.25, -0.2) is 12.7 Å². The first kappa shape index (κ1) is 12.3. The van der Waals surface area contributed by atoms with E-state index in [0.717, 1.165) is 4.31 Å². The third kappa shape index (κ3) is 2.25. The van der Waals surface area contributed by atoms with Crippen LogP contribution in [0.25, 0.3) is 0 Å². The van der Waals surface area contributed by atoms with E-state index in [4.69, 9.17) is 17.3 Å². The first-order valence-electron chi connectivity index (χ1n) is 4.25. The number of nitrogens with two attached hydrogens (primary N) is 1. The molecule has 0 bridgehead atoms. The molecule has 0 unspecified atom stereocenters. The minimum absolute atomic E-state index is 0.0841. The molecule has 4 nitrogen and oxygen atoms in total. The van der Waals surface area contributed by atoms with Gasteiger partial charge in [-0.2, -0.15) is 0 Å². The Kier molecular flexibility index (Phi) is 3.28. The molecule has 0 aliphatic rings. The lowest BCUT2D eigenvalue weighted by atomic mass is 10.2. The van der Waals surface area contributed by atoms with Crippen LogP contribution in [0, 0.1) is 6.92 Å². The van der Waals surface area contributed by atoms with E-state index in [2.05, 4.69) is 0 Å². The Hall–Kier alpha value is -0.780. The standard InChI is InChI=1S/C9H13ClN2O2S/c1-6-4-9(7(10)5-8(6)11)15(13,14)12(2)3/h4-5H,11H2,1-3H3. The van der Waals surface area contributed by atoms with Crippen molar-refractivity contribution in [2.75, 3.05) is 19.8 Å². The highest BCUT2D eigenvalue weighted by Crippen LogP contribution is 2.28. The van der Waals surface area contributed by atoms with Crippen molar-refractivity contribution in [2.45, 2.75) is 11.8 Å². The van der Waals surface area contributed by atoms with Crippen molar-refractivity contribution in [1.82, 2.24) is 4.31 Å². The summed E-state index contributed by atoms with van der Waals surface area (Å²) in [5, 5.41) is 0.145. The Balaban J connectivity index is 3.46. The van der Waals surface area contributed by atoms with Gasteiger partial charge in [0.25, 0.3) is 0 Å². The smallest absolute Gasteiger partial charge is 0.244 e. The minimum atomic E-state index is -3.50. The lowest BCUT2D eigenvalue weighted by Gasteiger charge is -2.14. The van der Waals surface area contributed by atoms with Gasteiger partial charge in [-0.15, -0.1) is 0 Å². The molecule has 0 saturated heterocycles. The van der Waals surface area contributed by atoms with E-state index in [0.29, 0.717) is 11.3 Å². The summed E-state index contributed by atoms with van der Waals surface area (Å²) < 4.78 is 24.7. The van der Waals surface area contributed by atoms with Crippen LogP contribution in [0.2, 0.25) is 5.02 Å². The summed E-state index contributed by atoms with van der Waals surface area (Å²) in [6.07, 6.45) is 0. The zero-order valence-electron chi connectivity index (χ0n) is 8.78. The van der Waals surface area contributed by atoms with Crippen LogP contribution in [0.1, 0.15) is 5.56 Å². The van der Waals surface area contributed by atoms with E-state index >= 15 is 0 Å². The summed E-state index contributed by atoms with van der Waals surface area (Å²) in [6, 6.07) is 2.93. The van der Waals surface area contributed by atoms with Crippen molar-refractivity contribution < 1.29 is 8.42 Å². The first-order chi connectivity index (χ1) is 6.76. The van der Waals surface area contributed by atoms with Crippen molar-refractivity contribution in [3.63, 3.8) is 0 Å². The molecule has 84 valence electrons. The molecule has 15 heavy (non-hydrogen) atoms. The topological polar surface area (TPSA) is 63.4 Å². The number of hydrogen-bond acceptors (Lipinski definition) is 3. The van der Waals surface area contributed by atoms with Gasteiger partial charge in [0.1, 0.15) is 4.90 Å². The minimum Gasteiger partial charge on any atom is -0.398 e. The van der Waals surface area contributed by atoms with Crippen LogP contribution in [-0.4, -0.2) is 26.8 Å². The van der Waals surface area contributed by atoms with Crippen LogP contribution in [0.3, 0.4) is 0 Å². The SMILES string of the molecule is Cc1cc(S(=O)(=O)N(C)C)c(Cl)cc1N. The second-order valence-corrected chi connectivity index (χ2v) is 5.95. The molecule has 0 saturated carbocycles. The fraction of sp³-hybridized carbons (Fsp3) is 0.333. The van der Waals surface area contributed by atoms with E-state index in [-0.39, 0.29) is 9.92 Å². The molecule has 0 spiro atoms. The van der Waals surface area contributed by atoms with E-state index < -0.39 is 10.0 Å². The Morgan fingerprint density at radius 2 is 1.87 bits per heavy atom. The van der Waals surface area contributed by atoms with Crippen LogP contribution in [0.4, 0.5) is 5.69 Å². The van der Waals surface area contributed by atoms with Crippen molar-refractivity contribution in [2.24, 2.45) is 0 Å². The summed E-state index contributed by atoms with van der Waals surface area (Å²) >= 11 is 5.84. The summed E-state index contributed by atoms with van der Waals surface area (Å²) in [6.45, 7) is 1.74. The number of anilines is 1. The van der Waals surface area contributed by atoms with Gasteiger partial charge >= 0.3 is 0 Å². The highest BCUT2D eigenvalue weighted by atomic mass is 35.5. The first-order valence-corrected chi connectivity index (χ1v) is 6.06. The molecule has 0 fully saturated rings. The molecule has 1 aromatic rings. The molecule has 0 atom stereocenters. The third-order valence-electron chi connectivity index (χ3n) is 2.08. The molecule has 0 aliphatic carbocycles. The number of rotatable bonds is 2. The quantitative estimate of drug-likeness (QED) is 0.807. The zero-order chi connectivity index (χ0) is 11.8. The predicted octanol–water partition coefficient (Wildman–Crippen LogP) is 1.48. The van der Waals surface area contributed by atoms with Crippen molar-refractivity contribution in [3.05, 3.63) is 22.7 Å². The van der Waals surface area contributed by atoms with Crippen LogP contribution in [-0.2, 0) is 10.0 Å². The Morgan fingerprint density at radius 1 is 1.33 bits per heavy atom. The predicted molar refractivity (Wildman–Crippen MR) is 61.5 cm³/mol. The summed E-state index contributed by atoms with van der Waals surface area (Å²) in [5.41, 5.74) is 6.79. The van der Waals surface area contributed by atoms with Gasteiger partial charge in [0, 0.05) is 19.8 Å². The molecule has 1 aromatic carbocycles. The maximum atomic E-state index is 11.8. The fourth-order valence-electron chi connectivity index (χ4n) is 1.06. The average Bonchev–Trinajstić information content (AvgIpc) is 2.10. The van der Waals surface area contributed by atoms with Gasteiger partial charge in [-0.05, 0) is 24.6 Å². The lowest BCUT2D eigenvalue weighted by molar-refractivity contribution is 0.521. The molecular weight excluding hydrogens is 236 g/mol. The highest BCUT2D eigenvalue weighted by molar-refractivity contribution is 7.89. The molecule has 1 rings (SSSR count). The number of nitrogen functional groups attached to an aromatic ring is 1. The highest BCUT2D eigenvalue weighted by Gasteiger charge is 2.21. The Labute approximate surface area is 94.7 Å². The number of aryl methyl sites for hydroxylation is 1. The van der Waals surface area contributed by atoms with E-state index in [9.17, 15) is 8.42 Å². The Bertz CT molecular complexity index is 483. The van der Waals surface area contributed by atoms with Crippen LogP contribution in [0.15, 0.2) is 17.0 Å². The molecule has 0 aromatic heterocycles. The van der Waals surface area contributed by atoms with E-state index in [1.807, 2.05) is 0 Å². The van der Waals surface area contributed by atoms with Gasteiger partial charge in [0.15, 0.2) is 0 Å². The molecule has 6 heteroatoms. The fourth-order valence-corrected chi connectivity index (χ4v) is 2.55. The average molecular weight is 249 g/mol. The van der Waals surface area contributed by atoms with Gasteiger partial charge in [0.05, 0.1) is 5.02 Å². The lowest BCUT2D eigenvalue weighted by Crippen LogP contribution is -2.22. The number of nitrogens with zero attached hydrogens (tertiary/aromatic N) is 1. The third-order valence-corrected chi connectivity index (χ3v) is 4.36. The monoisotopic (exact) mass is 248 g/mol. The largest absolute Gasteiger partial charge is 0.398 e. The molecular formula is C9H13ClN2O2S. The molecule has 0 aliphatic heterocycles. The summed E-state index contributed by atoms with van der Waals surface area (Å²) in [5.74, 6) is 0. The summed E-state index contributed by atoms with van der Waals surface area (Å²) in [4.78, 5) is 0.0841. The van der Waals surface area contributed by atoms with Crippen molar-refractivity contribution >= 4 is 27.3 Å². The van der Waals surface area contributed by atoms with Gasteiger partial charge in [-0.3, -0.25) is 0 Å². The number of sulfonamides is 1. The van der Waals surface area contributed by atoms with Gasteiger partial charge in [0.2, 0.25) is 10.0 Å². The van der Waals surface area contributed by atoms with Crippen LogP contribution < -0.4 is 5.73 Å². The van der Waals surface area contributed by atoms with Crippen LogP contribution >= 0.6 is 11.6 Å². The van der Waals surface area contributed by atoms with Crippen molar-refractivity contribution in [1.29, 1.82) is 0 Å². The summed E-state index contributed by atoms with van der Waals surface area (Å²) in [7, 11) is -0.590. The molecule has 0 amide bonds. The normalized spacial score (nSPS) is 12.1. The van der Waals surface area contributed by atoms with Gasteiger partial charge in [-0.1, -0.05) is 11.6 Å². The Morgan fingerprint density at radius 3 is 2.33 bits per heavy atom. The van der Waals surface area contributed by atoms with Crippen molar-refractivity contribution in [3.8, 4) is 0 Å². The zero-order valence-corrected chi connectivity index (χ0v) is 10.4. The molecule has 0 radical (unpaired) electrons. The number of benzene rings is 1. The number of halogens is 1. The van der Waals surface area contributed by atoms with Gasteiger partial charge < -0.3 is 5.73 Å².